The topological polar surface area (TPSA) is 41.6 Å². The van der Waals surface area contributed by atoms with E-state index in [2.05, 4.69) is 17.4 Å². The Balaban J connectivity index is 0.00000182. The van der Waals surface area contributed by atoms with Crippen molar-refractivity contribution in [3.8, 4) is 5.75 Å². The van der Waals surface area contributed by atoms with Gasteiger partial charge in [0.1, 0.15) is 5.75 Å². The lowest BCUT2D eigenvalue weighted by Gasteiger charge is -2.38. The molecule has 0 radical (unpaired) electrons. The van der Waals surface area contributed by atoms with Gasteiger partial charge in [0.05, 0.1) is 0 Å². The number of carbonyl (C=O) groups is 1. The van der Waals surface area contributed by atoms with E-state index in [1.165, 1.54) is 11.8 Å². The van der Waals surface area contributed by atoms with Crippen molar-refractivity contribution in [2.24, 2.45) is 5.41 Å². The van der Waals surface area contributed by atoms with Crippen LogP contribution in [0.15, 0.2) is 42.5 Å². The molecule has 4 nitrogen and oxygen atoms in total. The van der Waals surface area contributed by atoms with Crippen LogP contribution in [-0.2, 0) is 4.79 Å². The minimum atomic E-state index is 0. The lowest BCUT2D eigenvalue weighted by atomic mass is 9.78. The van der Waals surface area contributed by atoms with Crippen LogP contribution in [0.5, 0.6) is 5.75 Å². The number of benzene rings is 2. The van der Waals surface area contributed by atoms with Crippen LogP contribution in [0.4, 0.5) is 0 Å². The number of fused-ring (bicyclic) bond motifs is 1. The second kappa shape index (κ2) is 7.63. The third-order valence-electron chi connectivity index (χ3n) is 5.59. The van der Waals surface area contributed by atoms with Crippen LogP contribution in [0.1, 0.15) is 19.3 Å². The molecule has 4 rings (SSSR count). The van der Waals surface area contributed by atoms with E-state index in [0.717, 1.165) is 50.2 Å². The molecule has 25 heavy (non-hydrogen) atoms. The average molecular weight is 361 g/mol. The number of ether oxygens (including phenoxy) is 1. The zero-order chi connectivity index (χ0) is 16.4. The van der Waals surface area contributed by atoms with Gasteiger partial charge in [-0.15, -0.1) is 12.4 Å². The van der Waals surface area contributed by atoms with E-state index >= 15 is 0 Å². The number of piperidine rings is 1. The fourth-order valence-electron chi connectivity index (χ4n) is 3.95. The Morgan fingerprint density at radius 1 is 1.08 bits per heavy atom. The molecular formula is C20H25ClN2O2. The van der Waals surface area contributed by atoms with E-state index in [9.17, 15) is 4.79 Å². The molecule has 2 fully saturated rings. The fourth-order valence-corrected chi connectivity index (χ4v) is 3.95. The fraction of sp³-hybridized carbons (Fsp3) is 0.450. The zero-order valence-corrected chi connectivity index (χ0v) is 15.2. The number of amides is 1. The summed E-state index contributed by atoms with van der Waals surface area (Å²) in [5.41, 5.74) is 0.440. The van der Waals surface area contributed by atoms with Gasteiger partial charge < -0.3 is 15.0 Å². The summed E-state index contributed by atoms with van der Waals surface area (Å²) in [4.78, 5) is 14.4. The molecule has 2 saturated heterocycles. The highest BCUT2D eigenvalue weighted by Gasteiger charge is 2.37. The van der Waals surface area contributed by atoms with E-state index in [0.29, 0.717) is 5.41 Å². The van der Waals surface area contributed by atoms with Gasteiger partial charge in [-0.1, -0.05) is 30.3 Å². The number of halogens is 1. The minimum absolute atomic E-state index is 0. The van der Waals surface area contributed by atoms with Gasteiger partial charge in [0.25, 0.3) is 5.91 Å². The van der Waals surface area contributed by atoms with Crippen LogP contribution in [0.25, 0.3) is 10.8 Å². The van der Waals surface area contributed by atoms with Gasteiger partial charge in [0.15, 0.2) is 6.61 Å². The summed E-state index contributed by atoms with van der Waals surface area (Å²) in [6.45, 7) is 4.09. The minimum Gasteiger partial charge on any atom is -0.484 e. The standard InChI is InChI=1S/C20H24N2O2.ClH/c23-19(22-11-8-20(9-12-22)7-10-21-15-20)14-24-18-6-5-16-3-1-2-4-17(16)13-18;/h1-6,13,21H,7-12,14-15H2;1H. The molecule has 1 spiro atoms. The van der Waals surface area contributed by atoms with Gasteiger partial charge in [-0.2, -0.15) is 0 Å². The summed E-state index contributed by atoms with van der Waals surface area (Å²) in [6.07, 6.45) is 3.48. The number of carbonyl (C=O) groups excluding carboxylic acids is 1. The van der Waals surface area contributed by atoms with Crippen LogP contribution >= 0.6 is 12.4 Å². The SMILES string of the molecule is Cl.O=C(COc1ccc2ccccc2c1)N1CCC2(CCNC2)CC1. The second-order valence-electron chi connectivity index (χ2n) is 7.11. The highest BCUT2D eigenvalue weighted by atomic mass is 35.5. The van der Waals surface area contributed by atoms with E-state index in [1.54, 1.807) is 0 Å². The zero-order valence-electron chi connectivity index (χ0n) is 14.4. The molecule has 0 bridgehead atoms. The first-order valence-corrected chi connectivity index (χ1v) is 8.84. The molecule has 2 aromatic carbocycles. The summed E-state index contributed by atoms with van der Waals surface area (Å²) >= 11 is 0. The number of rotatable bonds is 3. The predicted molar refractivity (Wildman–Crippen MR) is 102 cm³/mol. The average Bonchev–Trinajstić information content (AvgIpc) is 3.08. The maximum Gasteiger partial charge on any atom is 0.260 e. The van der Waals surface area contributed by atoms with Crippen molar-refractivity contribution < 1.29 is 9.53 Å². The van der Waals surface area contributed by atoms with Gasteiger partial charge in [-0.3, -0.25) is 4.79 Å². The molecule has 0 unspecified atom stereocenters. The van der Waals surface area contributed by atoms with E-state index in [1.807, 2.05) is 35.2 Å². The van der Waals surface area contributed by atoms with Crippen LogP contribution in [0.3, 0.4) is 0 Å². The molecule has 1 amide bonds. The van der Waals surface area contributed by atoms with E-state index < -0.39 is 0 Å². The lowest BCUT2D eigenvalue weighted by Crippen LogP contribution is -2.45. The Bertz CT molecular complexity index is 733. The van der Waals surface area contributed by atoms with Crippen molar-refractivity contribution in [3.63, 3.8) is 0 Å². The van der Waals surface area contributed by atoms with Gasteiger partial charge >= 0.3 is 0 Å². The molecule has 5 heteroatoms. The van der Waals surface area contributed by atoms with Gasteiger partial charge in [-0.25, -0.2) is 0 Å². The smallest absolute Gasteiger partial charge is 0.260 e. The van der Waals surface area contributed by atoms with Gasteiger partial charge in [-0.05, 0) is 54.1 Å². The summed E-state index contributed by atoms with van der Waals surface area (Å²) in [5, 5.41) is 5.78. The third kappa shape index (κ3) is 3.91. The molecule has 134 valence electrons. The van der Waals surface area contributed by atoms with E-state index in [4.69, 9.17) is 4.74 Å². The number of nitrogens with zero attached hydrogens (tertiary/aromatic N) is 1. The Hall–Kier alpha value is -1.78. The molecule has 1 N–H and O–H groups in total. The van der Waals surface area contributed by atoms with Gasteiger partial charge in [0, 0.05) is 19.6 Å². The van der Waals surface area contributed by atoms with Crippen LogP contribution in [0, 0.1) is 5.41 Å². The Labute approximate surface area is 154 Å². The molecule has 0 atom stereocenters. The number of hydrogen-bond acceptors (Lipinski definition) is 3. The molecule has 2 aliphatic heterocycles. The molecular weight excluding hydrogens is 336 g/mol. The molecule has 0 saturated carbocycles. The Morgan fingerprint density at radius 3 is 2.56 bits per heavy atom. The normalized spacial score (nSPS) is 19.0. The second-order valence-corrected chi connectivity index (χ2v) is 7.11. The summed E-state index contributed by atoms with van der Waals surface area (Å²) in [6, 6.07) is 14.1. The highest BCUT2D eigenvalue weighted by molar-refractivity contribution is 5.85. The van der Waals surface area contributed by atoms with Crippen LogP contribution in [-0.4, -0.2) is 43.6 Å². The first-order chi connectivity index (χ1) is 11.7. The maximum atomic E-state index is 12.4. The van der Waals surface area contributed by atoms with Gasteiger partial charge in [0.2, 0.25) is 0 Å². The van der Waals surface area contributed by atoms with Crippen molar-refractivity contribution in [3.05, 3.63) is 42.5 Å². The van der Waals surface area contributed by atoms with Crippen LogP contribution < -0.4 is 10.1 Å². The largest absolute Gasteiger partial charge is 0.484 e. The molecule has 2 aromatic rings. The summed E-state index contributed by atoms with van der Waals surface area (Å²) in [5.74, 6) is 0.861. The number of hydrogen-bond donors (Lipinski definition) is 1. The third-order valence-corrected chi connectivity index (χ3v) is 5.59. The number of likely N-dealkylation sites (tertiary alicyclic amines) is 1. The Morgan fingerprint density at radius 2 is 1.84 bits per heavy atom. The van der Waals surface area contributed by atoms with Crippen molar-refractivity contribution in [1.82, 2.24) is 10.2 Å². The summed E-state index contributed by atoms with van der Waals surface area (Å²) < 4.78 is 5.74. The maximum absolute atomic E-state index is 12.4. The first-order valence-electron chi connectivity index (χ1n) is 8.84. The predicted octanol–water partition coefficient (Wildman–Crippen LogP) is 3.24. The lowest BCUT2D eigenvalue weighted by molar-refractivity contribution is -0.135. The Kier molecular flexibility index (Phi) is 5.50. The molecule has 2 aliphatic rings. The molecule has 0 aliphatic carbocycles. The molecule has 2 heterocycles. The first kappa shape index (κ1) is 18.0. The quantitative estimate of drug-likeness (QED) is 0.913. The monoisotopic (exact) mass is 360 g/mol. The molecule has 0 aromatic heterocycles. The highest BCUT2D eigenvalue weighted by Crippen LogP contribution is 2.36. The van der Waals surface area contributed by atoms with Crippen molar-refractivity contribution >= 4 is 29.1 Å². The van der Waals surface area contributed by atoms with Crippen LogP contribution in [0.2, 0.25) is 0 Å². The van der Waals surface area contributed by atoms with Crippen molar-refractivity contribution in [2.45, 2.75) is 19.3 Å². The van der Waals surface area contributed by atoms with E-state index in [-0.39, 0.29) is 24.9 Å². The summed E-state index contributed by atoms with van der Waals surface area (Å²) in [7, 11) is 0. The van der Waals surface area contributed by atoms with Crippen molar-refractivity contribution in [2.75, 3.05) is 32.8 Å². The number of nitrogens with one attached hydrogen (secondary N) is 1. The van der Waals surface area contributed by atoms with Crippen molar-refractivity contribution in [1.29, 1.82) is 0 Å².